The van der Waals surface area contributed by atoms with E-state index in [1.54, 1.807) is 0 Å². The Kier molecular flexibility index (Phi) is 14.6. The van der Waals surface area contributed by atoms with Gasteiger partial charge < -0.3 is 76.9 Å². The van der Waals surface area contributed by atoms with Crippen LogP contribution in [0.2, 0.25) is 0 Å². The van der Waals surface area contributed by atoms with E-state index in [1.807, 2.05) is 0 Å². The van der Waals surface area contributed by atoms with Gasteiger partial charge in [0.1, 0.15) is 12.2 Å². The molecule has 0 amide bonds. The molecule has 7 aliphatic rings. The Morgan fingerprint density at radius 3 is 1.76 bits per heavy atom. The summed E-state index contributed by atoms with van der Waals surface area (Å²) in [6.07, 6.45) is 2.83. The Hall–Kier alpha value is -0.640. The van der Waals surface area contributed by atoms with Crippen LogP contribution in [0.1, 0.15) is 77.0 Å². The lowest BCUT2D eigenvalue weighted by Gasteiger charge is -2.41. The molecule has 16 heteroatoms. The smallest absolute Gasteiger partial charge is 0.184 e. The average molecular weight is 735 g/mol. The fraction of sp³-hybridized carbons (Fsp3) is 1.00. The Morgan fingerprint density at radius 2 is 1.10 bits per heavy atom. The Labute approximate surface area is 299 Å². The maximum atomic E-state index is 9.81. The first-order valence-electron chi connectivity index (χ1n) is 19.2. The van der Waals surface area contributed by atoms with Gasteiger partial charge in [-0.15, -0.1) is 0 Å². The van der Waals surface area contributed by atoms with Gasteiger partial charge in [-0.2, -0.15) is 0 Å². The van der Waals surface area contributed by atoms with Gasteiger partial charge in [-0.3, -0.25) is 0 Å². The van der Waals surface area contributed by atoms with Crippen molar-refractivity contribution >= 4 is 0 Å². The third-order valence-electron chi connectivity index (χ3n) is 10.6. The number of hydrogen-bond acceptors (Lipinski definition) is 16. The van der Waals surface area contributed by atoms with Gasteiger partial charge in [-0.1, -0.05) is 0 Å². The fourth-order valence-electron chi connectivity index (χ4n) is 7.75. The van der Waals surface area contributed by atoms with Crippen molar-refractivity contribution in [3.63, 3.8) is 0 Å². The van der Waals surface area contributed by atoms with Crippen LogP contribution in [-0.4, -0.2) is 161 Å². The summed E-state index contributed by atoms with van der Waals surface area (Å²) in [6, 6.07) is 0. The van der Waals surface area contributed by atoms with E-state index in [4.69, 9.17) is 61.6 Å². The number of ether oxygens (including phenoxy) is 13. The first kappa shape index (κ1) is 38.6. The van der Waals surface area contributed by atoms with Crippen LogP contribution in [0.4, 0.5) is 0 Å². The number of aliphatic hydroxyl groups is 3. The van der Waals surface area contributed by atoms with Crippen LogP contribution in [0.15, 0.2) is 0 Å². The molecule has 0 saturated carbocycles. The molecule has 51 heavy (non-hydrogen) atoms. The van der Waals surface area contributed by atoms with Gasteiger partial charge in [-0.05, 0) is 38.5 Å². The molecule has 7 rings (SSSR count). The topological polar surface area (TPSA) is 181 Å². The molecule has 0 radical (unpaired) electrons. The Bertz CT molecular complexity index is 1000. The zero-order valence-electron chi connectivity index (χ0n) is 29.5. The molecular formula is C35H58O16. The first-order chi connectivity index (χ1) is 25.0. The monoisotopic (exact) mass is 734 g/mol. The van der Waals surface area contributed by atoms with Crippen molar-refractivity contribution in [3.8, 4) is 0 Å². The van der Waals surface area contributed by atoms with Crippen molar-refractivity contribution in [1.29, 1.82) is 0 Å². The molecule has 0 spiro atoms. The maximum absolute atomic E-state index is 9.81. The minimum Gasteiger partial charge on any atom is -0.394 e. The highest BCUT2D eigenvalue weighted by molar-refractivity contribution is 4.83. The summed E-state index contributed by atoms with van der Waals surface area (Å²) in [5.41, 5.74) is 0. The lowest BCUT2D eigenvalue weighted by molar-refractivity contribution is -0.321. The Balaban J connectivity index is 0.869. The van der Waals surface area contributed by atoms with Crippen LogP contribution in [0.5, 0.6) is 0 Å². The molecule has 7 aliphatic heterocycles. The van der Waals surface area contributed by atoms with Crippen molar-refractivity contribution in [2.45, 2.75) is 170 Å². The second-order valence-corrected chi connectivity index (χ2v) is 14.7. The summed E-state index contributed by atoms with van der Waals surface area (Å²) < 4.78 is 79.4. The molecule has 0 aromatic heterocycles. The van der Waals surface area contributed by atoms with E-state index >= 15 is 0 Å². The predicted octanol–water partition coefficient (Wildman–Crippen LogP) is 1.23. The van der Waals surface area contributed by atoms with E-state index in [2.05, 4.69) is 0 Å². The zero-order valence-corrected chi connectivity index (χ0v) is 29.5. The second-order valence-electron chi connectivity index (χ2n) is 14.7. The van der Waals surface area contributed by atoms with Gasteiger partial charge in [0.05, 0.1) is 89.0 Å². The van der Waals surface area contributed by atoms with E-state index in [-0.39, 0.29) is 63.1 Å². The van der Waals surface area contributed by atoms with Crippen molar-refractivity contribution in [2.24, 2.45) is 0 Å². The molecule has 294 valence electrons. The molecule has 0 aromatic carbocycles. The van der Waals surface area contributed by atoms with Crippen LogP contribution in [0.25, 0.3) is 0 Å². The van der Waals surface area contributed by atoms with Crippen molar-refractivity contribution < 1.29 is 76.9 Å². The minimum atomic E-state index is -0.564. The summed E-state index contributed by atoms with van der Waals surface area (Å²) in [4.78, 5) is 0. The largest absolute Gasteiger partial charge is 0.394 e. The third-order valence-corrected chi connectivity index (χ3v) is 10.6. The van der Waals surface area contributed by atoms with E-state index in [9.17, 15) is 15.3 Å². The molecule has 7 fully saturated rings. The molecule has 15 atom stereocenters. The standard InChI is InChI=1S/C35H58O16/c36-14-22-4-9-32(44-22)49-27-13-34(42-20-29(27)51-31-7-3-21(38)16-40-31)46-25-6-8-30(41-18-25)47-26-12-28(50-33-10-5-23(15-37)45-33)35(43-19-26)48-24-2-1-11-39-17-24/h21-38H,1-20H2. The van der Waals surface area contributed by atoms with Crippen molar-refractivity contribution in [1.82, 2.24) is 0 Å². The van der Waals surface area contributed by atoms with E-state index in [0.29, 0.717) is 64.8 Å². The van der Waals surface area contributed by atoms with Gasteiger partial charge in [0, 0.05) is 45.1 Å². The summed E-state index contributed by atoms with van der Waals surface area (Å²) in [5.74, 6) is 0. The van der Waals surface area contributed by atoms with E-state index in [0.717, 1.165) is 38.7 Å². The molecule has 0 aromatic rings. The van der Waals surface area contributed by atoms with Crippen molar-refractivity contribution in [3.05, 3.63) is 0 Å². The highest BCUT2D eigenvalue weighted by Crippen LogP contribution is 2.33. The SMILES string of the molecule is OCC1CCC(OC2CC(OC3CCC(OC4COC(OC5CCCOC5)C(OC5CCC(CO)O5)C4)OC3)OCC2OC2CCC(O)CO2)O1. The Morgan fingerprint density at radius 1 is 0.471 bits per heavy atom. The summed E-state index contributed by atoms with van der Waals surface area (Å²) in [5, 5.41) is 28.9. The van der Waals surface area contributed by atoms with E-state index < -0.39 is 56.1 Å². The summed E-state index contributed by atoms with van der Waals surface area (Å²) in [7, 11) is 0. The molecular weight excluding hydrogens is 676 g/mol. The van der Waals surface area contributed by atoms with Crippen LogP contribution in [0, 0.1) is 0 Å². The van der Waals surface area contributed by atoms with Crippen LogP contribution >= 0.6 is 0 Å². The number of aliphatic hydroxyl groups excluding tert-OH is 3. The molecule has 15 unspecified atom stereocenters. The average Bonchev–Trinajstić information content (AvgIpc) is 3.82. The molecule has 7 saturated heterocycles. The van der Waals surface area contributed by atoms with Gasteiger partial charge in [0.2, 0.25) is 0 Å². The van der Waals surface area contributed by atoms with Gasteiger partial charge in [-0.25, -0.2) is 0 Å². The predicted molar refractivity (Wildman–Crippen MR) is 172 cm³/mol. The quantitative estimate of drug-likeness (QED) is 0.232. The first-order valence-corrected chi connectivity index (χ1v) is 19.2. The molecule has 3 N–H and O–H groups in total. The highest BCUT2D eigenvalue weighted by atomic mass is 16.8. The molecule has 0 aliphatic carbocycles. The summed E-state index contributed by atoms with van der Waals surface area (Å²) >= 11 is 0. The lowest BCUT2D eigenvalue weighted by Crippen LogP contribution is -2.50. The number of rotatable bonds is 14. The minimum absolute atomic E-state index is 0.0322. The highest BCUT2D eigenvalue weighted by Gasteiger charge is 2.42. The molecule has 16 nitrogen and oxygen atoms in total. The van der Waals surface area contributed by atoms with Gasteiger partial charge in [0.15, 0.2) is 37.7 Å². The van der Waals surface area contributed by atoms with Crippen molar-refractivity contribution in [2.75, 3.05) is 52.9 Å². The van der Waals surface area contributed by atoms with E-state index in [1.165, 1.54) is 0 Å². The number of hydrogen-bond donors (Lipinski definition) is 3. The normalized spacial score (nSPS) is 45.6. The third kappa shape index (κ3) is 11.2. The van der Waals surface area contributed by atoms with Gasteiger partial charge in [0.25, 0.3) is 0 Å². The zero-order chi connectivity index (χ0) is 35.0. The molecule has 7 heterocycles. The summed E-state index contributed by atoms with van der Waals surface area (Å²) in [6.45, 7) is 2.39. The maximum Gasteiger partial charge on any atom is 0.184 e. The second kappa shape index (κ2) is 19.3. The fourth-order valence-corrected chi connectivity index (χ4v) is 7.75. The lowest BCUT2D eigenvalue weighted by atomic mass is 10.1. The van der Waals surface area contributed by atoms with Crippen LogP contribution in [0.3, 0.4) is 0 Å². The van der Waals surface area contributed by atoms with Gasteiger partial charge >= 0.3 is 0 Å². The van der Waals surface area contributed by atoms with Crippen LogP contribution < -0.4 is 0 Å². The molecule has 0 bridgehead atoms. The van der Waals surface area contributed by atoms with Crippen LogP contribution in [-0.2, 0) is 61.6 Å².